The SMILES string of the molecule is COC(=O)C1C(=O)CCCN1C(=O)OCc1ccccc1. The largest absolute Gasteiger partial charge is 0.467 e. The number of amides is 1. The number of carbonyl (C=O) groups is 3. The number of methoxy groups -OCH3 is 1. The van der Waals surface area contributed by atoms with Gasteiger partial charge in [-0.3, -0.25) is 9.69 Å². The van der Waals surface area contributed by atoms with Crippen LogP contribution in [0.4, 0.5) is 4.79 Å². The number of piperidine rings is 1. The number of ketones is 1. The third-order valence-electron chi connectivity index (χ3n) is 3.30. The first-order valence-electron chi connectivity index (χ1n) is 6.71. The van der Waals surface area contributed by atoms with Gasteiger partial charge in [-0.25, -0.2) is 9.59 Å². The lowest BCUT2D eigenvalue weighted by atomic mass is 10.0. The van der Waals surface area contributed by atoms with Gasteiger partial charge in [-0.15, -0.1) is 0 Å². The maximum absolute atomic E-state index is 12.1. The highest BCUT2D eigenvalue weighted by molar-refractivity contribution is 6.05. The number of nitrogens with zero attached hydrogens (tertiary/aromatic N) is 1. The molecule has 112 valence electrons. The van der Waals surface area contributed by atoms with Crippen molar-refractivity contribution in [3.63, 3.8) is 0 Å². The second-order valence-corrected chi connectivity index (χ2v) is 4.73. The molecule has 0 saturated carbocycles. The summed E-state index contributed by atoms with van der Waals surface area (Å²) in [5, 5.41) is 0. The lowest BCUT2D eigenvalue weighted by Gasteiger charge is -2.31. The van der Waals surface area contributed by atoms with Crippen LogP contribution < -0.4 is 0 Å². The number of hydrogen-bond acceptors (Lipinski definition) is 5. The van der Waals surface area contributed by atoms with E-state index in [-0.39, 0.29) is 18.8 Å². The Morgan fingerprint density at radius 1 is 1.29 bits per heavy atom. The van der Waals surface area contributed by atoms with Crippen molar-refractivity contribution < 1.29 is 23.9 Å². The van der Waals surface area contributed by atoms with Gasteiger partial charge in [0.05, 0.1) is 7.11 Å². The van der Waals surface area contributed by atoms with Crippen LogP contribution in [0.1, 0.15) is 18.4 Å². The van der Waals surface area contributed by atoms with Crippen molar-refractivity contribution in [3.05, 3.63) is 35.9 Å². The molecule has 0 bridgehead atoms. The van der Waals surface area contributed by atoms with E-state index < -0.39 is 18.1 Å². The van der Waals surface area contributed by atoms with Crippen molar-refractivity contribution in [3.8, 4) is 0 Å². The van der Waals surface area contributed by atoms with E-state index in [0.717, 1.165) is 10.5 Å². The Morgan fingerprint density at radius 2 is 2.00 bits per heavy atom. The van der Waals surface area contributed by atoms with Gasteiger partial charge in [-0.1, -0.05) is 30.3 Å². The fourth-order valence-electron chi connectivity index (χ4n) is 2.23. The van der Waals surface area contributed by atoms with Crippen molar-refractivity contribution in [2.24, 2.45) is 0 Å². The Bertz CT molecular complexity index is 520. The number of carbonyl (C=O) groups excluding carboxylic acids is 3. The normalized spacial score (nSPS) is 18.2. The third kappa shape index (κ3) is 3.59. The first-order chi connectivity index (χ1) is 10.1. The quantitative estimate of drug-likeness (QED) is 0.624. The molecular weight excluding hydrogens is 274 g/mol. The highest BCUT2D eigenvalue weighted by atomic mass is 16.6. The molecule has 6 heteroatoms. The maximum atomic E-state index is 12.1. The standard InChI is InChI=1S/C15H17NO5/c1-20-14(18)13-12(17)8-5-9-16(13)15(19)21-10-11-6-3-2-4-7-11/h2-4,6-7,13H,5,8-10H2,1H3. The summed E-state index contributed by atoms with van der Waals surface area (Å²) in [5.41, 5.74) is 0.837. The molecule has 1 unspecified atom stereocenters. The monoisotopic (exact) mass is 291 g/mol. The smallest absolute Gasteiger partial charge is 0.411 e. The highest BCUT2D eigenvalue weighted by Crippen LogP contribution is 2.17. The number of ether oxygens (including phenoxy) is 2. The molecule has 1 atom stereocenters. The second kappa shape index (κ2) is 6.88. The molecule has 1 saturated heterocycles. The van der Waals surface area contributed by atoms with E-state index in [9.17, 15) is 14.4 Å². The van der Waals surface area contributed by atoms with Gasteiger partial charge in [0.2, 0.25) is 0 Å². The van der Waals surface area contributed by atoms with Gasteiger partial charge in [0, 0.05) is 13.0 Å². The Morgan fingerprint density at radius 3 is 2.67 bits per heavy atom. The van der Waals surface area contributed by atoms with Crippen molar-refractivity contribution in [2.75, 3.05) is 13.7 Å². The summed E-state index contributed by atoms with van der Waals surface area (Å²) < 4.78 is 9.76. The molecule has 21 heavy (non-hydrogen) atoms. The molecule has 1 amide bonds. The molecule has 6 nitrogen and oxygen atoms in total. The summed E-state index contributed by atoms with van der Waals surface area (Å²) in [4.78, 5) is 36.7. The third-order valence-corrected chi connectivity index (χ3v) is 3.30. The Hall–Kier alpha value is -2.37. The average molecular weight is 291 g/mol. The predicted octanol–water partition coefficient (Wildman–Crippen LogP) is 1.53. The summed E-state index contributed by atoms with van der Waals surface area (Å²) in [6.07, 6.45) is 0.108. The summed E-state index contributed by atoms with van der Waals surface area (Å²) in [6, 6.07) is 8.00. The van der Waals surface area contributed by atoms with Crippen LogP contribution in [0.5, 0.6) is 0 Å². The Kier molecular flexibility index (Phi) is 4.92. The first-order valence-corrected chi connectivity index (χ1v) is 6.71. The van der Waals surface area contributed by atoms with E-state index in [1.165, 1.54) is 7.11 Å². The van der Waals surface area contributed by atoms with Crippen LogP contribution >= 0.6 is 0 Å². The topological polar surface area (TPSA) is 72.9 Å². The highest BCUT2D eigenvalue weighted by Gasteiger charge is 2.39. The molecule has 2 rings (SSSR count). The van der Waals surface area contributed by atoms with Gasteiger partial charge >= 0.3 is 12.1 Å². The van der Waals surface area contributed by atoms with Crippen molar-refractivity contribution in [1.82, 2.24) is 4.90 Å². The van der Waals surface area contributed by atoms with E-state index in [0.29, 0.717) is 13.0 Å². The minimum atomic E-state index is -1.19. The lowest BCUT2D eigenvalue weighted by Crippen LogP contribution is -2.53. The molecule has 0 N–H and O–H groups in total. The van der Waals surface area contributed by atoms with Gasteiger partial charge in [-0.2, -0.15) is 0 Å². The fourth-order valence-corrected chi connectivity index (χ4v) is 2.23. The van der Waals surface area contributed by atoms with E-state index >= 15 is 0 Å². The number of Topliss-reactive ketones (excluding diaryl/α,β-unsaturated/α-hetero) is 1. The van der Waals surface area contributed by atoms with Crippen molar-refractivity contribution in [1.29, 1.82) is 0 Å². The zero-order chi connectivity index (χ0) is 15.2. The van der Waals surface area contributed by atoms with Crippen LogP contribution in [0.15, 0.2) is 30.3 Å². The number of likely N-dealkylation sites (tertiary alicyclic amines) is 1. The number of esters is 1. The van der Waals surface area contributed by atoms with Crippen LogP contribution in [0.3, 0.4) is 0 Å². The van der Waals surface area contributed by atoms with Crippen LogP contribution in [0, 0.1) is 0 Å². The van der Waals surface area contributed by atoms with Crippen LogP contribution in [0.2, 0.25) is 0 Å². The lowest BCUT2D eigenvalue weighted by molar-refractivity contribution is -0.152. The molecule has 0 aromatic heterocycles. The summed E-state index contributed by atoms with van der Waals surface area (Å²) in [6.45, 7) is 0.400. The molecule has 0 spiro atoms. The van der Waals surface area contributed by atoms with Gasteiger partial charge < -0.3 is 9.47 Å². The summed E-state index contributed by atoms with van der Waals surface area (Å²) in [5.74, 6) is -1.04. The van der Waals surface area contributed by atoms with Gasteiger partial charge in [0.25, 0.3) is 0 Å². The van der Waals surface area contributed by atoms with Gasteiger partial charge in [0.15, 0.2) is 11.8 Å². The Labute approximate surface area is 122 Å². The Balaban J connectivity index is 2.02. The van der Waals surface area contributed by atoms with E-state index in [4.69, 9.17) is 4.74 Å². The number of rotatable bonds is 3. The van der Waals surface area contributed by atoms with Crippen LogP contribution in [-0.4, -0.2) is 42.4 Å². The molecule has 0 aliphatic carbocycles. The average Bonchev–Trinajstić information content (AvgIpc) is 2.52. The van der Waals surface area contributed by atoms with E-state index in [1.54, 1.807) is 0 Å². The fraction of sp³-hybridized carbons (Fsp3) is 0.400. The van der Waals surface area contributed by atoms with E-state index in [1.807, 2.05) is 30.3 Å². The van der Waals surface area contributed by atoms with E-state index in [2.05, 4.69) is 4.74 Å². The minimum absolute atomic E-state index is 0.0955. The van der Waals surface area contributed by atoms with Gasteiger partial charge in [0.1, 0.15) is 6.61 Å². The van der Waals surface area contributed by atoms with Crippen molar-refractivity contribution in [2.45, 2.75) is 25.5 Å². The summed E-state index contributed by atoms with van der Waals surface area (Å²) >= 11 is 0. The van der Waals surface area contributed by atoms with Crippen LogP contribution in [-0.2, 0) is 25.7 Å². The molecule has 1 fully saturated rings. The molecule has 1 aliphatic rings. The molecular formula is C15H17NO5. The molecule has 1 aromatic carbocycles. The zero-order valence-electron chi connectivity index (χ0n) is 11.8. The zero-order valence-corrected chi connectivity index (χ0v) is 11.8. The second-order valence-electron chi connectivity index (χ2n) is 4.73. The first kappa shape index (κ1) is 15.0. The van der Waals surface area contributed by atoms with Crippen molar-refractivity contribution >= 4 is 17.8 Å². The molecule has 1 aliphatic heterocycles. The maximum Gasteiger partial charge on any atom is 0.411 e. The predicted molar refractivity (Wildman–Crippen MR) is 73.4 cm³/mol. The van der Waals surface area contributed by atoms with Gasteiger partial charge in [-0.05, 0) is 12.0 Å². The molecule has 1 aromatic rings. The van der Waals surface area contributed by atoms with Crippen LogP contribution in [0.25, 0.3) is 0 Å². The number of benzene rings is 1. The summed E-state index contributed by atoms with van der Waals surface area (Å²) in [7, 11) is 1.19. The molecule has 0 radical (unpaired) electrons. The number of hydrogen-bond donors (Lipinski definition) is 0. The molecule has 1 heterocycles. The minimum Gasteiger partial charge on any atom is -0.467 e.